The van der Waals surface area contributed by atoms with Gasteiger partial charge < -0.3 is 4.74 Å². The number of hydrogen-bond acceptors (Lipinski definition) is 4. The predicted molar refractivity (Wildman–Crippen MR) is 71.0 cm³/mol. The summed E-state index contributed by atoms with van der Waals surface area (Å²) in [5, 5.41) is 0. The monoisotopic (exact) mass is 270 g/mol. The van der Waals surface area contributed by atoms with E-state index < -0.39 is 9.84 Å². The Balaban J connectivity index is 2.65. The van der Waals surface area contributed by atoms with Crippen molar-refractivity contribution < 1.29 is 17.9 Å². The molecule has 0 aliphatic rings. The van der Waals surface area contributed by atoms with E-state index in [1.165, 1.54) is 6.26 Å². The molecule has 0 unspecified atom stereocenters. The minimum Gasteiger partial charge on any atom is -0.496 e. The molecular weight excluding hydrogens is 252 g/mol. The molecule has 18 heavy (non-hydrogen) atoms. The lowest BCUT2D eigenvalue weighted by Gasteiger charge is -2.06. The average molecular weight is 270 g/mol. The number of methoxy groups -OCH3 is 1. The highest BCUT2D eigenvalue weighted by molar-refractivity contribution is 7.90. The highest BCUT2D eigenvalue weighted by atomic mass is 32.2. The molecule has 0 atom stereocenters. The number of carbonyl (C=O) groups excluding carboxylic acids is 1. The van der Waals surface area contributed by atoms with Crippen LogP contribution in [0.25, 0.3) is 0 Å². The van der Waals surface area contributed by atoms with Crippen LogP contribution < -0.4 is 4.74 Å². The third-order valence-corrected chi connectivity index (χ3v) is 3.67. The summed E-state index contributed by atoms with van der Waals surface area (Å²) in [7, 11) is -1.41. The van der Waals surface area contributed by atoms with Crippen molar-refractivity contribution in [3.63, 3.8) is 0 Å². The van der Waals surface area contributed by atoms with Crippen molar-refractivity contribution in [3.05, 3.63) is 29.3 Å². The first-order valence-electron chi connectivity index (χ1n) is 5.69. The Labute approximate surface area is 108 Å². The van der Waals surface area contributed by atoms with Crippen LogP contribution in [0.2, 0.25) is 0 Å². The fourth-order valence-corrected chi connectivity index (χ4v) is 2.36. The van der Waals surface area contributed by atoms with Crippen molar-refractivity contribution in [2.24, 2.45) is 0 Å². The van der Waals surface area contributed by atoms with Gasteiger partial charge in [0.25, 0.3) is 0 Å². The van der Waals surface area contributed by atoms with Crippen LogP contribution in [-0.4, -0.2) is 33.3 Å². The van der Waals surface area contributed by atoms with Gasteiger partial charge in [-0.05, 0) is 37.1 Å². The number of ether oxygens (including phenoxy) is 1. The van der Waals surface area contributed by atoms with Gasteiger partial charge in [-0.1, -0.05) is 0 Å². The van der Waals surface area contributed by atoms with E-state index in [0.717, 1.165) is 11.3 Å². The summed E-state index contributed by atoms with van der Waals surface area (Å²) in [4.78, 5) is 11.8. The normalized spacial score (nSPS) is 11.3. The maximum Gasteiger partial charge on any atom is 0.162 e. The maximum absolute atomic E-state index is 11.8. The molecule has 0 fully saturated rings. The lowest BCUT2D eigenvalue weighted by atomic mass is 10.0. The van der Waals surface area contributed by atoms with E-state index >= 15 is 0 Å². The summed E-state index contributed by atoms with van der Waals surface area (Å²) in [5.74, 6) is 0.750. The number of benzene rings is 1. The predicted octanol–water partition coefficient (Wildman–Crippen LogP) is 2.01. The number of ketones is 1. The Kier molecular flexibility index (Phi) is 4.90. The zero-order chi connectivity index (χ0) is 13.8. The topological polar surface area (TPSA) is 60.4 Å². The summed E-state index contributed by atoms with van der Waals surface area (Å²) in [6.07, 6.45) is 1.79. The van der Waals surface area contributed by atoms with Crippen molar-refractivity contribution in [3.8, 4) is 5.75 Å². The van der Waals surface area contributed by atoms with Crippen molar-refractivity contribution in [1.82, 2.24) is 0 Å². The Morgan fingerprint density at radius 3 is 2.50 bits per heavy atom. The number of aryl methyl sites for hydroxylation is 1. The molecule has 0 aromatic heterocycles. The Morgan fingerprint density at radius 1 is 1.33 bits per heavy atom. The summed E-state index contributed by atoms with van der Waals surface area (Å²) in [6.45, 7) is 1.87. The number of Topliss-reactive ketones (excluding diaryl/α,β-unsaturated/α-hetero) is 1. The van der Waals surface area contributed by atoms with Crippen LogP contribution in [0.3, 0.4) is 0 Å². The second kappa shape index (κ2) is 6.00. The number of rotatable bonds is 6. The van der Waals surface area contributed by atoms with Crippen LogP contribution in [0.4, 0.5) is 0 Å². The van der Waals surface area contributed by atoms with Crippen LogP contribution in [0.1, 0.15) is 28.8 Å². The van der Waals surface area contributed by atoms with Crippen LogP contribution >= 0.6 is 0 Å². The highest BCUT2D eigenvalue weighted by Crippen LogP contribution is 2.19. The molecule has 0 saturated carbocycles. The van der Waals surface area contributed by atoms with Gasteiger partial charge in [0.2, 0.25) is 0 Å². The summed E-state index contributed by atoms with van der Waals surface area (Å²) >= 11 is 0. The van der Waals surface area contributed by atoms with Crippen molar-refractivity contribution in [2.75, 3.05) is 19.1 Å². The minimum absolute atomic E-state index is 0.0376. The molecule has 0 aliphatic carbocycles. The summed E-state index contributed by atoms with van der Waals surface area (Å²) < 4.78 is 27.0. The molecule has 0 amide bonds. The number of hydrogen-bond donors (Lipinski definition) is 0. The van der Waals surface area contributed by atoms with Crippen LogP contribution in [0, 0.1) is 6.92 Å². The standard InChI is InChI=1S/C13H18O4S/c1-10-9-11(6-7-13(10)17-2)12(14)5-4-8-18(3,15)16/h6-7,9H,4-5,8H2,1-3H3. The fourth-order valence-electron chi connectivity index (χ4n) is 1.69. The number of sulfone groups is 1. The fraction of sp³-hybridized carbons (Fsp3) is 0.462. The van der Waals surface area contributed by atoms with Crippen LogP contribution in [0.5, 0.6) is 5.75 Å². The molecule has 4 nitrogen and oxygen atoms in total. The Morgan fingerprint density at radius 2 is 2.00 bits per heavy atom. The van der Waals surface area contributed by atoms with E-state index in [1.807, 2.05) is 6.92 Å². The van der Waals surface area contributed by atoms with Crippen molar-refractivity contribution >= 4 is 15.6 Å². The molecule has 0 heterocycles. The van der Waals surface area contributed by atoms with Gasteiger partial charge in [-0.2, -0.15) is 0 Å². The van der Waals surface area contributed by atoms with E-state index in [4.69, 9.17) is 4.74 Å². The SMILES string of the molecule is COc1ccc(C(=O)CCCS(C)(=O)=O)cc1C. The lowest BCUT2D eigenvalue weighted by molar-refractivity contribution is 0.0982. The molecule has 0 bridgehead atoms. The Bertz CT molecular complexity index is 532. The average Bonchev–Trinajstić information content (AvgIpc) is 2.27. The van der Waals surface area contributed by atoms with E-state index in [-0.39, 0.29) is 18.0 Å². The molecular formula is C13H18O4S. The molecule has 0 saturated heterocycles. The smallest absolute Gasteiger partial charge is 0.162 e. The molecule has 1 rings (SSSR count). The van der Waals surface area contributed by atoms with Gasteiger partial charge in [0, 0.05) is 18.2 Å². The molecule has 100 valence electrons. The first-order valence-corrected chi connectivity index (χ1v) is 7.75. The molecule has 1 aromatic carbocycles. The zero-order valence-corrected chi connectivity index (χ0v) is 11.7. The molecule has 0 N–H and O–H groups in total. The van der Waals surface area contributed by atoms with Crippen LogP contribution in [-0.2, 0) is 9.84 Å². The lowest BCUT2D eigenvalue weighted by Crippen LogP contribution is -2.07. The third kappa shape index (κ3) is 4.49. The van der Waals surface area contributed by atoms with E-state index in [1.54, 1.807) is 25.3 Å². The van der Waals surface area contributed by atoms with Gasteiger partial charge >= 0.3 is 0 Å². The van der Waals surface area contributed by atoms with Crippen molar-refractivity contribution in [2.45, 2.75) is 19.8 Å². The first kappa shape index (κ1) is 14.7. The molecule has 0 spiro atoms. The molecule has 5 heteroatoms. The number of carbonyl (C=O) groups is 1. The van der Waals surface area contributed by atoms with Gasteiger partial charge in [0.1, 0.15) is 15.6 Å². The minimum atomic E-state index is -2.99. The largest absolute Gasteiger partial charge is 0.496 e. The zero-order valence-electron chi connectivity index (χ0n) is 10.9. The van der Waals surface area contributed by atoms with Gasteiger partial charge in [-0.25, -0.2) is 8.42 Å². The summed E-state index contributed by atoms with van der Waals surface area (Å²) in [6, 6.07) is 5.22. The van der Waals surface area contributed by atoms with E-state index in [0.29, 0.717) is 12.0 Å². The second-order valence-electron chi connectivity index (χ2n) is 4.34. The third-order valence-electron chi connectivity index (χ3n) is 2.64. The van der Waals surface area contributed by atoms with Gasteiger partial charge in [-0.15, -0.1) is 0 Å². The summed E-state index contributed by atoms with van der Waals surface area (Å²) in [5.41, 5.74) is 1.49. The Hall–Kier alpha value is -1.36. The first-order chi connectivity index (χ1) is 8.33. The highest BCUT2D eigenvalue weighted by Gasteiger charge is 2.10. The van der Waals surface area contributed by atoms with Crippen LogP contribution in [0.15, 0.2) is 18.2 Å². The van der Waals surface area contributed by atoms with Gasteiger partial charge in [0.15, 0.2) is 5.78 Å². The van der Waals surface area contributed by atoms with Gasteiger partial charge in [-0.3, -0.25) is 4.79 Å². The molecule has 0 radical (unpaired) electrons. The second-order valence-corrected chi connectivity index (χ2v) is 6.60. The van der Waals surface area contributed by atoms with Crippen molar-refractivity contribution in [1.29, 1.82) is 0 Å². The molecule has 0 aliphatic heterocycles. The van der Waals surface area contributed by atoms with E-state index in [9.17, 15) is 13.2 Å². The maximum atomic E-state index is 11.8. The van der Waals surface area contributed by atoms with E-state index in [2.05, 4.69) is 0 Å². The van der Waals surface area contributed by atoms with Gasteiger partial charge in [0.05, 0.1) is 12.9 Å². The quantitative estimate of drug-likeness (QED) is 0.742. The molecule has 1 aromatic rings.